The van der Waals surface area contributed by atoms with E-state index in [1.807, 2.05) is 35.1 Å². The molecule has 218 valence electrons. The second-order valence-electron chi connectivity index (χ2n) is 9.25. The highest BCUT2D eigenvalue weighted by atomic mass is 32.2. The van der Waals surface area contributed by atoms with Crippen molar-refractivity contribution in [2.45, 2.75) is 48.3 Å². The molecule has 0 aromatic heterocycles. The molecule has 3 aromatic carbocycles. The van der Waals surface area contributed by atoms with Gasteiger partial charge >= 0.3 is 12.1 Å². The summed E-state index contributed by atoms with van der Waals surface area (Å²) in [4.78, 5) is 26.0. The van der Waals surface area contributed by atoms with Gasteiger partial charge in [0.05, 0.1) is 23.7 Å². The van der Waals surface area contributed by atoms with E-state index in [9.17, 15) is 23.1 Å². The number of sulfonamides is 1. The van der Waals surface area contributed by atoms with Gasteiger partial charge in [0.25, 0.3) is 10.0 Å². The van der Waals surface area contributed by atoms with Crippen LogP contribution in [0.3, 0.4) is 0 Å². The number of amides is 1. The quantitative estimate of drug-likeness (QED) is 0.331. The maximum Gasteiger partial charge on any atom is 0.421 e. The summed E-state index contributed by atoms with van der Waals surface area (Å²) in [5, 5.41) is 10.2. The molecule has 0 bridgehead atoms. The number of benzene rings is 3. The van der Waals surface area contributed by atoms with E-state index in [1.165, 1.54) is 23.9 Å². The highest BCUT2D eigenvalue weighted by molar-refractivity contribution is 7.99. The Kier molecular flexibility index (Phi) is 10.4. The molecule has 0 spiro atoms. The topological polar surface area (TPSA) is 137 Å². The molecule has 10 nitrogen and oxygen atoms in total. The summed E-state index contributed by atoms with van der Waals surface area (Å²) in [7, 11) is -4.28. The highest BCUT2D eigenvalue weighted by Crippen LogP contribution is 2.34. The second-order valence-corrected chi connectivity index (χ2v) is 11.9. The van der Waals surface area contributed by atoms with Crippen molar-refractivity contribution in [3.05, 3.63) is 102 Å². The number of aliphatic hydroxyl groups excluding tert-OH is 1. The minimum Gasteiger partial charge on any atom is -0.451 e. The Labute approximate surface area is 243 Å². The van der Waals surface area contributed by atoms with Gasteiger partial charge in [0.2, 0.25) is 0 Å². The molecule has 0 saturated carbocycles. The predicted molar refractivity (Wildman–Crippen MR) is 152 cm³/mol. The summed E-state index contributed by atoms with van der Waals surface area (Å²) in [6, 6.07) is 23.3. The van der Waals surface area contributed by atoms with E-state index in [4.69, 9.17) is 18.9 Å². The van der Waals surface area contributed by atoms with Gasteiger partial charge in [-0.05, 0) is 43.0 Å². The smallest absolute Gasteiger partial charge is 0.421 e. The Balaban J connectivity index is 1.63. The zero-order valence-corrected chi connectivity index (χ0v) is 24.0. The van der Waals surface area contributed by atoms with Crippen molar-refractivity contribution in [1.29, 1.82) is 0 Å². The summed E-state index contributed by atoms with van der Waals surface area (Å²) in [5.41, 5.74) is 1.01. The molecule has 3 aromatic rings. The number of esters is 1. The molecule has 1 heterocycles. The second kappa shape index (κ2) is 14.0. The molecular formula is C29H31NO9S2. The van der Waals surface area contributed by atoms with Crippen molar-refractivity contribution in [2.75, 3.05) is 12.9 Å². The summed E-state index contributed by atoms with van der Waals surface area (Å²) in [5.74, 6) is -0.705. The number of aryl methyl sites for hydroxylation is 1. The van der Waals surface area contributed by atoms with Crippen LogP contribution in [0.15, 0.2) is 89.8 Å². The van der Waals surface area contributed by atoms with Gasteiger partial charge in [-0.25, -0.2) is 22.7 Å². The molecule has 41 heavy (non-hydrogen) atoms. The maximum absolute atomic E-state index is 13.1. The number of hydrogen-bond acceptors (Lipinski definition) is 10. The molecule has 1 aliphatic rings. The molecule has 12 heteroatoms. The first-order valence-electron chi connectivity index (χ1n) is 12.7. The number of rotatable bonds is 10. The third kappa shape index (κ3) is 7.86. The molecule has 5 atom stereocenters. The van der Waals surface area contributed by atoms with Crippen LogP contribution in [0, 0.1) is 6.92 Å². The number of aliphatic hydroxyl groups is 1. The number of nitrogens with one attached hydrogen (secondary N) is 1. The van der Waals surface area contributed by atoms with Gasteiger partial charge in [-0.1, -0.05) is 66.2 Å². The first-order valence-corrected chi connectivity index (χ1v) is 15.5. The fourth-order valence-electron chi connectivity index (χ4n) is 4.24. The zero-order chi connectivity index (χ0) is 29.4. The number of hydrogen-bond donors (Lipinski definition) is 2. The van der Waals surface area contributed by atoms with Crippen molar-refractivity contribution in [1.82, 2.24) is 4.72 Å². The minimum atomic E-state index is -4.28. The summed E-state index contributed by atoms with van der Waals surface area (Å²) in [6.07, 6.45) is -4.26. The first kappa shape index (κ1) is 30.5. The number of carbonyl (C=O) groups is 2. The molecule has 1 fully saturated rings. The minimum absolute atomic E-state index is 0.0534. The lowest BCUT2D eigenvalue weighted by Gasteiger charge is -2.44. The Bertz CT molecular complexity index is 1400. The highest BCUT2D eigenvalue weighted by Gasteiger charge is 2.51. The lowest BCUT2D eigenvalue weighted by atomic mass is 9.99. The Morgan fingerprint density at radius 3 is 2.15 bits per heavy atom. The van der Waals surface area contributed by atoms with E-state index in [-0.39, 0.29) is 17.1 Å². The zero-order valence-electron chi connectivity index (χ0n) is 22.4. The molecule has 0 unspecified atom stereocenters. The van der Waals surface area contributed by atoms with Crippen molar-refractivity contribution < 1.29 is 42.1 Å². The monoisotopic (exact) mass is 601 g/mol. The summed E-state index contributed by atoms with van der Waals surface area (Å²) >= 11 is 1.17. The van der Waals surface area contributed by atoms with Gasteiger partial charge < -0.3 is 24.1 Å². The Morgan fingerprint density at radius 1 is 0.902 bits per heavy atom. The molecular weight excluding hydrogens is 570 g/mol. The SMILES string of the molecule is CS[C@@H]1O[C@H](CO)[C@@H](OCc2ccccc2)[C@H](OC(=O)NS(=O)(=O)c2ccc(C)cc2)[C@H]1OC(=O)c1ccccc1. The normalized spacial score (nSPS) is 22.5. The van der Waals surface area contributed by atoms with E-state index >= 15 is 0 Å². The number of ether oxygens (including phenoxy) is 4. The third-order valence-corrected chi connectivity index (χ3v) is 8.51. The molecule has 4 rings (SSSR count). The van der Waals surface area contributed by atoms with Gasteiger partial charge in [-0.3, -0.25) is 0 Å². The van der Waals surface area contributed by atoms with Crippen LogP contribution >= 0.6 is 11.8 Å². The van der Waals surface area contributed by atoms with Gasteiger partial charge in [-0.2, -0.15) is 0 Å². The van der Waals surface area contributed by atoms with Crippen molar-refractivity contribution in [3.8, 4) is 0 Å². The van der Waals surface area contributed by atoms with Gasteiger partial charge in [0.1, 0.15) is 17.6 Å². The fraction of sp³-hybridized carbons (Fsp3) is 0.310. The van der Waals surface area contributed by atoms with Crippen LogP contribution in [-0.4, -0.2) is 68.3 Å². The average Bonchev–Trinajstić information content (AvgIpc) is 2.98. The van der Waals surface area contributed by atoms with Crippen LogP contribution in [0.2, 0.25) is 0 Å². The van der Waals surface area contributed by atoms with Gasteiger partial charge in [0, 0.05) is 0 Å². The molecule has 0 radical (unpaired) electrons. The number of thioether (sulfide) groups is 1. The average molecular weight is 602 g/mol. The van der Waals surface area contributed by atoms with Gasteiger partial charge in [0.15, 0.2) is 12.2 Å². The molecule has 0 aliphatic carbocycles. The van der Waals surface area contributed by atoms with Crippen LogP contribution in [0.1, 0.15) is 21.5 Å². The summed E-state index contributed by atoms with van der Waals surface area (Å²) in [6.45, 7) is 1.35. The Morgan fingerprint density at radius 2 is 1.54 bits per heavy atom. The van der Waals surface area contributed by atoms with E-state index in [2.05, 4.69) is 0 Å². The van der Waals surface area contributed by atoms with Crippen molar-refractivity contribution in [2.24, 2.45) is 0 Å². The van der Waals surface area contributed by atoms with Crippen LogP contribution < -0.4 is 4.72 Å². The van der Waals surface area contributed by atoms with Crippen LogP contribution in [0.4, 0.5) is 4.79 Å². The molecule has 1 aliphatic heterocycles. The predicted octanol–water partition coefficient (Wildman–Crippen LogP) is 3.67. The van der Waals surface area contributed by atoms with E-state index < -0.39 is 58.5 Å². The molecule has 1 amide bonds. The number of carbonyl (C=O) groups excluding carboxylic acids is 2. The van der Waals surface area contributed by atoms with Crippen LogP contribution in [0.5, 0.6) is 0 Å². The van der Waals surface area contributed by atoms with E-state index in [0.717, 1.165) is 11.1 Å². The maximum atomic E-state index is 13.1. The van der Waals surface area contributed by atoms with Crippen molar-refractivity contribution in [3.63, 3.8) is 0 Å². The van der Waals surface area contributed by atoms with E-state index in [1.54, 1.807) is 55.6 Å². The van der Waals surface area contributed by atoms with Crippen molar-refractivity contribution >= 4 is 33.8 Å². The third-order valence-electron chi connectivity index (χ3n) is 6.33. The lowest BCUT2D eigenvalue weighted by molar-refractivity contribution is -0.223. The fourth-order valence-corrected chi connectivity index (χ4v) is 5.85. The largest absolute Gasteiger partial charge is 0.451 e. The summed E-state index contributed by atoms with van der Waals surface area (Å²) < 4.78 is 51.2. The first-order chi connectivity index (χ1) is 19.7. The van der Waals surface area contributed by atoms with Crippen LogP contribution in [-0.2, 0) is 35.6 Å². The van der Waals surface area contributed by atoms with E-state index in [0.29, 0.717) is 0 Å². The van der Waals surface area contributed by atoms with Gasteiger partial charge in [-0.15, -0.1) is 11.8 Å². The Hall–Kier alpha value is -3.42. The molecule has 1 saturated heterocycles. The standard InChI is InChI=1S/C29H31NO9S2/c1-19-13-15-22(16-14-19)41(34,35)30-29(33)39-25-24(36-18-20-9-5-3-6-10-20)23(17-31)37-28(40-2)26(25)38-27(32)21-11-7-4-8-12-21/h3-16,23-26,28,31H,17-18H2,1-2H3,(H,30,33)/t23-,24-,25+,26-,28+/m1/s1. The van der Waals surface area contributed by atoms with Crippen LogP contribution in [0.25, 0.3) is 0 Å². The molecule has 2 N–H and O–H groups in total. The lowest BCUT2D eigenvalue weighted by Crippen LogP contribution is -2.61.